The number of hydrogen-bond acceptors (Lipinski definition) is 4. The van der Waals surface area contributed by atoms with Gasteiger partial charge in [0.1, 0.15) is 0 Å². The first-order chi connectivity index (χ1) is 9.24. The first kappa shape index (κ1) is 12.4. The fraction of sp³-hybridized carbons (Fsp3) is 0.0714. The Hall–Kier alpha value is -1.69. The summed E-state index contributed by atoms with van der Waals surface area (Å²) in [6, 6.07) is 9.34. The lowest BCUT2D eigenvalue weighted by atomic mass is 9.79. The van der Waals surface area contributed by atoms with Crippen molar-refractivity contribution in [3.05, 3.63) is 57.8 Å². The monoisotopic (exact) mass is 270 g/mol. The summed E-state index contributed by atoms with van der Waals surface area (Å²) >= 11 is 1.43. The third-order valence-corrected chi connectivity index (χ3v) is 3.91. The molecule has 5 heteroatoms. The second kappa shape index (κ2) is 5.13. The molecular formula is C14H11BO3S. The molecule has 0 aliphatic carbocycles. The number of hydrogen-bond donors (Lipinski definition) is 1. The van der Waals surface area contributed by atoms with Crippen LogP contribution in [0.1, 0.15) is 20.8 Å². The lowest BCUT2D eigenvalue weighted by Crippen LogP contribution is -2.28. The van der Waals surface area contributed by atoms with Gasteiger partial charge in [0.05, 0.1) is 11.5 Å². The minimum absolute atomic E-state index is 0.00713. The number of benzene rings is 1. The van der Waals surface area contributed by atoms with Crippen molar-refractivity contribution in [3.63, 3.8) is 0 Å². The van der Waals surface area contributed by atoms with Crippen LogP contribution in [-0.4, -0.2) is 17.9 Å². The maximum atomic E-state index is 11.8. The van der Waals surface area contributed by atoms with E-state index in [1.165, 1.54) is 11.3 Å². The van der Waals surface area contributed by atoms with Crippen LogP contribution in [0.15, 0.2) is 41.8 Å². The van der Waals surface area contributed by atoms with Crippen molar-refractivity contribution in [3.8, 4) is 0 Å². The van der Waals surface area contributed by atoms with Crippen LogP contribution in [-0.2, 0) is 11.3 Å². The van der Waals surface area contributed by atoms with Crippen LogP contribution in [0.3, 0.4) is 0 Å². The van der Waals surface area contributed by atoms with Crippen LogP contribution in [0.4, 0.5) is 0 Å². The van der Waals surface area contributed by atoms with E-state index in [1.807, 2.05) is 29.6 Å². The van der Waals surface area contributed by atoms with E-state index in [2.05, 4.69) is 0 Å². The molecular weight excluding hydrogens is 259 g/mol. The molecule has 2 heterocycles. The molecule has 0 saturated carbocycles. The molecule has 1 aliphatic rings. The van der Waals surface area contributed by atoms with Crippen LogP contribution in [0.5, 0.6) is 0 Å². The lowest BCUT2D eigenvalue weighted by molar-refractivity contribution is 0.105. The largest absolute Gasteiger partial charge is 0.491 e. The molecule has 0 radical (unpaired) electrons. The molecule has 94 valence electrons. The SMILES string of the molecule is O=C(/C=C/c1ccc2c(c1)B(O)OC2)c1cccs1. The van der Waals surface area contributed by atoms with Gasteiger partial charge in [0.2, 0.25) is 0 Å². The predicted octanol–water partition coefficient (Wildman–Crippen LogP) is 1.86. The minimum Gasteiger partial charge on any atom is -0.423 e. The smallest absolute Gasteiger partial charge is 0.423 e. The Labute approximate surface area is 115 Å². The molecule has 0 atom stereocenters. The summed E-state index contributed by atoms with van der Waals surface area (Å²) in [6.45, 7) is 0.439. The number of carbonyl (C=O) groups excluding carboxylic acids is 1. The van der Waals surface area contributed by atoms with Gasteiger partial charge in [0.15, 0.2) is 5.78 Å². The van der Waals surface area contributed by atoms with E-state index >= 15 is 0 Å². The van der Waals surface area contributed by atoms with Gasteiger partial charge >= 0.3 is 7.12 Å². The Morgan fingerprint density at radius 1 is 1.42 bits per heavy atom. The van der Waals surface area contributed by atoms with Gasteiger partial charge in [-0.1, -0.05) is 30.3 Å². The molecule has 0 bridgehead atoms. The highest BCUT2D eigenvalue weighted by Gasteiger charge is 2.26. The average molecular weight is 270 g/mol. The zero-order chi connectivity index (χ0) is 13.2. The zero-order valence-corrected chi connectivity index (χ0v) is 10.9. The van der Waals surface area contributed by atoms with E-state index in [1.54, 1.807) is 18.2 Å². The number of thiophene rings is 1. The van der Waals surface area contributed by atoms with Gasteiger partial charge in [0.25, 0.3) is 0 Å². The summed E-state index contributed by atoms with van der Waals surface area (Å²) in [6.07, 6.45) is 3.31. The van der Waals surface area contributed by atoms with Crippen molar-refractivity contribution in [2.75, 3.05) is 0 Å². The average Bonchev–Trinajstić information content (AvgIpc) is 3.07. The highest BCUT2D eigenvalue weighted by Crippen LogP contribution is 2.14. The Balaban J connectivity index is 1.81. The number of carbonyl (C=O) groups is 1. The fourth-order valence-electron chi connectivity index (χ4n) is 2.01. The fourth-order valence-corrected chi connectivity index (χ4v) is 2.65. The molecule has 19 heavy (non-hydrogen) atoms. The van der Waals surface area contributed by atoms with Crippen LogP contribution >= 0.6 is 11.3 Å². The highest BCUT2D eigenvalue weighted by atomic mass is 32.1. The zero-order valence-electron chi connectivity index (χ0n) is 10.1. The third kappa shape index (κ3) is 2.54. The van der Waals surface area contributed by atoms with Crippen LogP contribution in [0.25, 0.3) is 6.08 Å². The molecule has 0 fully saturated rings. The van der Waals surface area contributed by atoms with Gasteiger partial charge in [-0.05, 0) is 34.1 Å². The predicted molar refractivity (Wildman–Crippen MR) is 76.5 cm³/mol. The number of ketones is 1. The van der Waals surface area contributed by atoms with Gasteiger partial charge in [-0.25, -0.2) is 0 Å². The van der Waals surface area contributed by atoms with E-state index in [0.717, 1.165) is 21.5 Å². The molecule has 0 unspecified atom stereocenters. The Bertz CT molecular complexity index is 634. The van der Waals surface area contributed by atoms with Crippen molar-refractivity contribution < 1.29 is 14.5 Å². The molecule has 3 rings (SSSR count). The first-order valence-electron chi connectivity index (χ1n) is 5.92. The molecule has 1 aromatic carbocycles. The minimum atomic E-state index is -0.851. The summed E-state index contributed by atoms with van der Waals surface area (Å²) in [5.41, 5.74) is 2.66. The number of rotatable bonds is 3. The maximum absolute atomic E-state index is 11.8. The molecule has 1 N–H and O–H groups in total. The standard InChI is InChI=1S/C14H11BO3S/c16-13(14-2-1-7-19-14)6-4-10-3-5-11-9-18-15(17)12(11)8-10/h1-8,17H,9H2/b6-4+. The second-order valence-corrected chi connectivity index (χ2v) is 5.24. The van der Waals surface area contributed by atoms with Gasteiger partial charge < -0.3 is 9.68 Å². The van der Waals surface area contributed by atoms with E-state index in [0.29, 0.717) is 6.61 Å². The summed E-state index contributed by atoms with van der Waals surface area (Å²) in [7, 11) is -0.851. The van der Waals surface area contributed by atoms with Crippen molar-refractivity contribution >= 4 is 35.8 Å². The van der Waals surface area contributed by atoms with Gasteiger partial charge in [-0.2, -0.15) is 0 Å². The summed E-state index contributed by atoms with van der Waals surface area (Å²) in [5.74, 6) is -0.00713. The second-order valence-electron chi connectivity index (χ2n) is 4.30. The van der Waals surface area contributed by atoms with Crippen molar-refractivity contribution in [1.82, 2.24) is 0 Å². The molecule has 1 aromatic heterocycles. The number of fused-ring (bicyclic) bond motifs is 1. The summed E-state index contributed by atoms with van der Waals surface area (Å²) < 4.78 is 5.13. The van der Waals surface area contributed by atoms with E-state index in [-0.39, 0.29) is 5.78 Å². The molecule has 0 amide bonds. The normalized spacial score (nSPS) is 14.1. The quantitative estimate of drug-likeness (QED) is 0.526. The highest BCUT2D eigenvalue weighted by molar-refractivity contribution is 7.12. The van der Waals surface area contributed by atoms with Gasteiger partial charge in [-0.15, -0.1) is 11.3 Å². The Morgan fingerprint density at radius 3 is 3.11 bits per heavy atom. The third-order valence-electron chi connectivity index (χ3n) is 3.02. The summed E-state index contributed by atoms with van der Waals surface area (Å²) in [5, 5.41) is 11.5. The Kier molecular flexibility index (Phi) is 3.33. The molecule has 0 spiro atoms. The van der Waals surface area contributed by atoms with Crippen molar-refractivity contribution in [2.24, 2.45) is 0 Å². The van der Waals surface area contributed by atoms with Gasteiger partial charge in [-0.3, -0.25) is 4.79 Å². The Morgan fingerprint density at radius 2 is 2.32 bits per heavy atom. The van der Waals surface area contributed by atoms with E-state index < -0.39 is 7.12 Å². The molecule has 3 nitrogen and oxygen atoms in total. The molecule has 1 aliphatic heterocycles. The van der Waals surface area contributed by atoms with Gasteiger partial charge in [0, 0.05) is 0 Å². The lowest BCUT2D eigenvalue weighted by Gasteiger charge is -1.99. The first-order valence-corrected chi connectivity index (χ1v) is 6.80. The summed E-state index contributed by atoms with van der Waals surface area (Å²) in [4.78, 5) is 12.5. The molecule has 2 aromatic rings. The van der Waals surface area contributed by atoms with Crippen molar-refractivity contribution in [1.29, 1.82) is 0 Å². The van der Waals surface area contributed by atoms with E-state index in [9.17, 15) is 9.82 Å². The van der Waals surface area contributed by atoms with Crippen molar-refractivity contribution in [2.45, 2.75) is 6.61 Å². The van der Waals surface area contributed by atoms with E-state index in [4.69, 9.17) is 4.65 Å². The molecule has 0 saturated heterocycles. The van der Waals surface area contributed by atoms with Crippen LogP contribution in [0.2, 0.25) is 0 Å². The maximum Gasteiger partial charge on any atom is 0.491 e. The number of allylic oxidation sites excluding steroid dienone is 1. The topological polar surface area (TPSA) is 46.5 Å². The van der Waals surface area contributed by atoms with Crippen LogP contribution in [0, 0.1) is 0 Å². The van der Waals surface area contributed by atoms with Crippen LogP contribution < -0.4 is 5.46 Å².